The van der Waals surface area contributed by atoms with Gasteiger partial charge >= 0.3 is 5.95 Å². The molecule has 1 aromatic carbocycles. The SMILES string of the molecule is CCOC(O)=C(C#N)C(=O)Nc1ccc(OC)cc1. The maximum atomic E-state index is 11.8. The number of anilines is 1. The fraction of sp³-hybridized carbons (Fsp3) is 0.231. The van der Waals surface area contributed by atoms with Crippen LogP contribution in [0.5, 0.6) is 5.75 Å². The molecule has 0 fully saturated rings. The molecular formula is C13H14N2O4. The van der Waals surface area contributed by atoms with E-state index in [0.717, 1.165) is 0 Å². The summed E-state index contributed by atoms with van der Waals surface area (Å²) in [6.45, 7) is 1.79. The number of hydrogen-bond donors (Lipinski definition) is 2. The van der Waals surface area contributed by atoms with Crippen LogP contribution in [0.15, 0.2) is 35.8 Å². The number of aliphatic hydroxyl groups excluding tert-OH is 1. The molecule has 0 aliphatic rings. The Labute approximate surface area is 110 Å². The molecule has 1 amide bonds. The number of nitriles is 1. The fourth-order valence-corrected chi connectivity index (χ4v) is 1.27. The number of carbonyl (C=O) groups is 1. The van der Waals surface area contributed by atoms with Crippen LogP contribution in [0.4, 0.5) is 5.69 Å². The Morgan fingerprint density at radius 3 is 2.53 bits per heavy atom. The van der Waals surface area contributed by atoms with Gasteiger partial charge in [-0.25, -0.2) is 0 Å². The highest BCUT2D eigenvalue weighted by molar-refractivity contribution is 6.06. The number of nitrogens with one attached hydrogen (secondary N) is 1. The molecule has 0 atom stereocenters. The van der Waals surface area contributed by atoms with Gasteiger partial charge in [-0.2, -0.15) is 5.26 Å². The van der Waals surface area contributed by atoms with Crippen molar-refractivity contribution in [1.29, 1.82) is 5.26 Å². The van der Waals surface area contributed by atoms with Gasteiger partial charge < -0.3 is 19.9 Å². The molecule has 0 radical (unpaired) electrons. The summed E-state index contributed by atoms with van der Waals surface area (Å²) in [5.41, 5.74) is 0.000478. The Balaban J connectivity index is 2.83. The molecule has 0 unspecified atom stereocenters. The standard InChI is InChI=1S/C13H14N2O4/c1-3-19-13(17)11(8-14)12(16)15-9-4-6-10(18-2)7-5-9/h4-7,17H,3H2,1-2H3,(H,15,16). The van der Waals surface area contributed by atoms with Crippen molar-refractivity contribution in [2.45, 2.75) is 6.92 Å². The van der Waals surface area contributed by atoms with Crippen LogP contribution in [0, 0.1) is 11.3 Å². The van der Waals surface area contributed by atoms with Gasteiger partial charge in [-0.15, -0.1) is 0 Å². The Bertz CT molecular complexity index is 514. The number of carbonyl (C=O) groups excluding carboxylic acids is 1. The van der Waals surface area contributed by atoms with Crippen molar-refractivity contribution in [3.05, 3.63) is 35.8 Å². The van der Waals surface area contributed by atoms with Crippen molar-refractivity contribution >= 4 is 11.6 Å². The summed E-state index contributed by atoms with van der Waals surface area (Å²) >= 11 is 0. The van der Waals surface area contributed by atoms with Crippen molar-refractivity contribution in [1.82, 2.24) is 0 Å². The van der Waals surface area contributed by atoms with Crippen molar-refractivity contribution in [3.63, 3.8) is 0 Å². The summed E-state index contributed by atoms with van der Waals surface area (Å²) in [6, 6.07) is 8.15. The zero-order chi connectivity index (χ0) is 14.3. The maximum Gasteiger partial charge on any atom is 0.301 e. The summed E-state index contributed by atoms with van der Waals surface area (Å²) in [4.78, 5) is 11.8. The van der Waals surface area contributed by atoms with Gasteiger partial charge in [0.05, 0.1) is 13.7 Å². The number of methoxy groups -OCH3 is 1. The van der Waals surface area contributed by atoms with Crippen LogP contribution in [-0.4, -0.2) is 24.7 Å². The molecule has 0 bridgehead atoms. The van der Waals surface area contributed by atoms with E-state index in [2.05, 4.69) is 5.32 Å². The van der Waals surface area contributed by atoms with Crippen molar-refractivity contribution < 1.29 is 19.4 Å². The fourth-order valence-electron chi connectivity index (χ4n) is 1.27. The van der Waals surface area contributed by atoms with Crippen LogP contribution < -0.4 is 10.1 Å². The third-order valence-corrected chi connectivity index (χ3v) is 2.18. The minimum Gasteiger partial charge on any atom is -0.497 e. The highest BCUT2D eigenvalue weighted by Crippen LogP contribution is 2.16. The minimum absolute atomic E-state index is 0.160. The lowest BCUT2D eigenvalue weighted by Crippen LogP contribution is -2.16. The van der Waals surface area contributed by atoms with E-state index >= 15 is 0 Å². The first-order valence-electron chi connectivity index (χ1n) is 5.53. The molecule has 6 heteroatoms. The van der Waals surface area contributed by atoms with Crippen molar-refractivity contribution in [2.75, 3.05) is 19.0 Å². The predicted molar refractivity (Wildman–Crippen MR) is 68.5 cm³/mol. The molecule has 19 heavy (non-hydrogen) atoms. The average Bonchev–Trinajstić information content (AvgIpc) is 2.40. The van der Waals surface area contributed by atoms with E-state index in [0.29, 0.717) is 11.4 Å². The zero-order valence-electron chi connectivity index (χ0n) is 10.6. The Morgan fingerprint density at radius 2 is 2.05 bits per heavy atom. The Hall–Kier alpha value is -2.68. The van der Waals surface area contributed by atoms with Crippen LogP contribution in [-0.2, 0) is 9.53 Å². The highest BCUT2D eigenvalue weighted by Gasteiger charge is 2.16. The Morgan fingerprint density at radius 1 is 1.42 bits per heavy atom. The predicted octanol–water partition coefficient (Wildman–Crippen LogP) is 1.96. The van der Waals surface area contributed by atoms with E-state index < -0.39 is 17.4 Å². The van der Waals surface area contributed by atoms with Crippen molar-refractivity contribution in [2.24, 2.45) is 0 Å². The largest absolute Gasteiger partial charge is 0.497 e. The number of amides is 1. The second-order valence-electron chi connectivity index (χ2n) is 3.41. The van der Waals surface area contributed by atoms with Gasteiger partial charge in [0.25, 0.3) is 5.91 Å². The molecule has 0 heterocycles. The average molecular weight is 262 g/mol. The second-order valence-corrected chi connectivity index (χ2v) is 3.41. The maximum absolute atomic E-state index is 11.8. The lowest BCUT2D eigenvalue weighted by molar-refractivity contribution is -0.113. The smallest absolute Gasteiger partial charge is 0.301 e. The second kappa shape index (κ2) is 6.91. The quantitative estimate of drug-likeness (QED) is 0.481. The normalized spacial score (nSPS) is 11.0. The van der Waals surface area contributed by atoms with Gasteiger partial charge in [0, 0.05) is 5.69 Å². The third-order valence-electron chi connectivity index (χ3n) is 2.18. The summed E-state index contributed by atoms with van der Waals surface area (Å²) in [6.07, 6.45) is 0. The first-order valence-corrected chi connectivity index (χ1v) is 5.53. The van der Waals surface area contributed by atoms with E-state index in [4.69, 9.17) is 14.7 Å². The Kier molecular flexibility index (Phi) is 5.23. The molecule has 2 N–H and O–H groups in total. The van der Waals surface area contributed by atoms with Crippen LogP contribution in [0.3, 0.4) is 0 Å². The summed E-state index contributed by atoms with van der Waals surface area (Å²) in [5.74, 6) is -0.777. The number of rotatable bonds is 5. The zero-order valence-corrected chi connectivity index (χ0v) is 10.6. The van der Waals surface area contributed by atoms with E-state index in [1.807, 2.05) is 0 Å². The van der Waals surface area contributed by atoms with Gasteiger partial charge in [-0.1, -0.05) is 0 Å². The molecule has 0 saturated carbocycles. The molecule has 0 aliphatic carbocycles. The van der Waals surface area contributed by atoms with Gasteiger partial charge in [0.15, 0.2) is 5.57 Å². The molecule has 0 saturated heterocycles. The van der Waals surface area contributed by atoms with Crippen molar-refractivity contribution in [3.8, 4) is 11.8 Å². The molecule has 0 aliphatic heterocycles. The van der Waals surface area contributed by atoms with Gasteiger partial charge in [-0.05, 0) is 31.2 Å². The molecule has 0 aromatic heterocycles. The molecule has 100 valence electrons. The topological polar surface area (TPSA) is 91.6 Å². The molecule has 0 spiro atoms. The van der Waals surface area contributed by atoms with E-state index in [9.17, 15) is 9.90 Å². The third kappa shape index (κ3) is 3.92. The van der Waals surface area contributed by atoms with Crippen LogP contribution in [0.1, 0.15) is 6.92 Å². The number of hydrogen-bond acceptors (Lipinski definition) is 5. The van der Waals surface area contributed by atoms with Crippen LogP contribution in [0.25, 0.3) is 0 Å². The highest BCUT2D eigenvalue weighted by atomic mass is 16.6. The lowest BCUT2D eigenvalue weighted by atomic mass is 10.2. The van der Waals surface area contributed by atoms with Gasteiger partial charge in [0.2, 0.25) is 0 Å². The van der Waals surface area contributed by atoms with Gasteiger partial charge in [0.1, 0.15) is 11.8 Å². The summed E-state index contributed by atoms with van der Waals surface area (Å²) in [5, 5.41) is 20.7. The molecule has 6 nitrogen and oxygen atoms in total. The minimum atomic E-state index is -0.737. The molecular weight excluding hydrogens is 248 g/mol. The number of ether oxygens (including phenoxy) is 2. The van der Waals surface area contributed by atoms with Gasteiger partial charge in [-0.3, -0.25) is 4.79 Å². The van der Waals surface area contributed by atoms with E-state index in [1.165, 1.54) is 7.11 Å². The monoisotopic (exact) mass is 262 g/mol. The summed E-state index contributed by atoms with van der Waals surface area (Å²) < 4.78 is 9.70. The van der Waals surface area contributed by atoms with E-state index in [-0.39, 0.29) is 6.61 Å². The first kappa shape index (κ1) is 14.4. The number of nitrogens with zero attached hydrogens (tertiary/aromatic N) is 1. The lowest BCUT2D eigenvalue weighted by Gasteiger charge is -2.07. The van der Waals surface area contributed by atoms with E-state index in [1.54, 1.807) is 37.3 Å². The number of aliphatic hydroxyl groups is 1. The van der Waals surface area contributed by atoms with Crippen LogP contribution in [0.2, 0.25) is 0 Å². The summed E-state index contributed by atoms with van der Waals surface area (Å²) in [7, 11) is 1.53. The molecule has 1 rings (SSSR count). The number of benzene rings is 1. The molecule has 1 aromatic rings. The first-order chi connectivity index (χ1) is 9.12. The van der Waals surface area contributed by atoms with Crippen LogP contribution >= 0.6 is 0 Å².